The van der Waals surface area contributed by atoms with Gasteiger partial charge in [-0.3, -0.25) is 4.79 Å². The summed E-state index contributed by atoms with van der Waals surface area (Å²) in [5, 5.41) is 2.71. The monoisotopic (exact) mass is 223 g/mol. The molecule has 1 amide bonds. The number of thiocarbonyl (C=S) groups is 1. The average molecular weight is 223 g/mol. The van der Waals surface area contributed by atoms with Crippen LogP contribution in [0.2, 0.25) is 0 Å². The molecule has 0 unspecified atom stereocenters. The summed E-state index contributed by atoms with van der Waals surface area (Å²) in [5.41, 5.74) is 0. The topological polar surface area (TPSA) is 29.1 Å². The smallest absolute Gasteiger partial charge is 0.230 e. The normalized spacial score (nSPS) is 9.50. The van der Waals surface area contributed by atoms with Crippen molar-refractivity contribution >= 4 is 45.2 Å². The lowest BCUT2D eigenvalue weighted by Crippen LogP contribution is -2.24. The zero-order valence-corrected chi connectivity index (χ0v) is 9.70. The van der Waals surface area contributed by atoms with E-state index in [9.17, 15) is 4.79 Å². The van der Waals surface area contributed by atoms with Crippen molar-refractivity contribution in [2.75, 3.05) is 18.1 Å². The van der Waals surface area contributed by atoms with E-state index in [1.807, 2.05) is 13.8 Å². The van der Waals surface area contributed by atoms with Crippen LogP contribution in [0.3, 0.4) is 0 Å². The minimum Gasteiger partial charge on any atom is -0.356 e. The summed E-state index contributed by atoms with van der Waals surface area (Å²) >= 11 is 8.04. The fraction of sp³-hybridized carbons (Fsp3) is 0.714. The van der Waals surface area contributed by atoms with Gasteiger partial charge in [0.25, 0.3) is 0 Å². The van der Waals surface area contributed by atoms with Crippen LogP contribution in [0, 0.1) is 0 Å². The predicted molar refractivity (Wildman–Crippen MR) is 61.9 cm³/mol. The van der Waals surface area contributed by atoms with Gasteiger partial charge in [-0.1, -0.05) is 30.9 Å². The molecule has 12 heavy (non-hydrogen) atoms. The number of carbonyl (C=O) groups excluding carboxylic acids is 1. The molecule has 0 rings (SSSR count). The van der Waals surface area contributed by atoms with Gasteiger partial charge in [0.1, 0.15) is 3.53 Å². The third-order valence-electron chi connectivity index (χ3n) is 0.957. The van der Waals surface area contributed by atoms with E-state index in [0.717, 1.165) is 9.28 Å². The summed E-state index contributed by atoms with van der Waals surface area (Å²) in [5.74, 6) is 1.47. The van der Waals surface area contributed by atoms with Crippen molar-refractivity contribution in [2.24, 2.45) is 0 Å². The Labute approximate surface area is 87.2 Å². The number of rotatable bonds is 4. The fourth-order valence-corrected chi connectivity index (χ4v) is 2.51. The first-order chi connectivity index (χ1) is 5.70. The van der Waals surface area contributed by atoms with Crippen LogP contribution in [0.15, 0.2) is 0 Å². The van der Waals surface area contributed by atoms with Gasteiger partial charge in [0.15, 0.2) is 0 Å². The molecule has 1 N–H and O–H groups in total. The van der Waals surface area contributed by atoms with Gasteiger partial charge in [0.05, 0.1) is 5.75 Å². The Morgan fingerprint density at radius 3 is 2.58 bits per heavy atom. The first kappa shape index (κ1) is 12.3. The maximum Gasteiger partial charge on any atom is 0.230 e. The SMILES string of the molecule is CCNC(=O)CSC(=S)SCC. The first-order valence-electron chi connectivity index (χ1n) is 3.77. The second-order valence-corrected chi connectivity index (χ2v) is 5.37. The summed E-state index contributed by atoms with van der Waals surface area (Å²) in [6, 6.07) is 0. The second-order valence-electron chi connectivity index (χ2n) is 1.93. The molecule has 0 radical (unpaired) electrons. The van der Waals surface area contributed by atoms with Crippen LogP contribution in [0.25, 0.3) is 0 Å². The highest BCUT2D eigenvalue weighted by molar-refractivity contribution is 8.47. The fourth-order valence-electron chi connectivity index (χ4n) is 0.532. The van der Waals surface area contributed by atoms with E-state index in [0.29, 0.717) is 12.3 Å². The van der Waals surface area contributed by atoms with Gasteiger partial charge < -0.3 is 5.32 Å². The van der Waals surface area contributed by atoms with Crippen molar-refractivity contribution in [3.05, 3.63) is 0 Å². The average Bonchev–Trinajstić information content (AvgIpc) is 2.02. The number of carbonyl (C=O) groups is 1. The third kappa shape index (κ3) is 6.94. The molecule has 0 bridgehead atoms. The molecule has 0 aromatic rings. The van der Waals surface area contributed by atoms with Crippen LogP contribution in [0.4, 0.5) is 0 Å². The Balaban J connectivity index is 3.40. The highest BCUT2D eigenvalue weighted by Gasteiger charge is 2.02. The maximum absolute atomic E-state index is 11.0. The quantitative estimate of drug-likeness (QED) is 0.737. The third-order valence-corrected chi connectivity index (χ3v) is 3.54. The lowest BCUT2D eigenvalue weighted by Gasteiger charge is -2.01. The predicted octanol–water partition coefficient (Wildman–Crippen LogP) is 1.89. The molecule has 2 nitrogen and oxygen atoms in total. The van der Waals surface area contributed by atoms with Crippen LogP contribution in [-0.4, -0.2) is 27.5 Å². The van der Waals surface area contributed by atoms with Crippen molar-refractivity contribution in [3.63, 3.8) is 0 Å². The zero-order chi connectivity index (χ0) is 9.40. The zero-order valence-electron chi connectivity index (χ0n) is 7.25. The standard InChI is InChI=1S/C7H13NOS3/c1-3-8-6(9)5-12-7(10)11-4-2/h3-5H2,1-2H3,(H,8,9). The number of hydrogen-bond donors (Lipinski definition) is 1. The summed E-state index contributed by atoms with van der Waals surface area (Å²) in [4.78, 5) is 11.0. The highest BCUT2D eigenvalue weighted by Crippen LogP contribution is 2.16. The lowest BCUT2D eigenvalue weighted by atomic mass is 10.6. The number of hydrogen-bond acceptors (Lipinski definition) is 4. The molecule has 0 saturated heterocycles. The Hall–Kier alpha value is 0.260. The summed E-state index contributed by atoms with van der Waals surface area (Å²) in [6.07, 6.45) is 0. The Morgan fingerprint density at radius 2 is 2.08 bits per heavy atom. The molecular weight excluding hydrogens is 210 g/mol. The van der Waals surface area contributed by atoms with Crippen molar-refractivity contribution in [1.29, 1.82) is 0 Å². The van der Waals surface area contributed by atoms with Gasteiger partial charge in [-0.05, 0) is 12.7 Å². The van der Waals surface area contributed by atoms with Crippen LogP contribution in [0.1, 0.15) is 13.8 Å². The summed E-state index contributed by atoms with van der Waals surface area (Å²) in [7, 11) is 0. The molecule has 5 heteroatoms. The van der Waals surface area contributed by atoms with Crippen LogP contribution in [0.5, 0.6) is 0 Å². The van der Waals surface area contributed by atoms with E-state index in [1.165, 1.54) is 11.8 Å². The van der Waals surface area contributed by atoms with E-state index in [-0.39, 0.29) is 5.91 Å². The molecule has 0 aromatic heterocycles. The Kier molecular flexibility index (Phi) is 8.06. The van der Waals surface area contributed by atoms with Crippen LogP contribution in [-0.2, 0) is 4.79 Å². The van der Waals surface area contributed by atoms with Crippen molar-refractivity contribution < 1.29 is 4.79 Å². The molecule has 0 aliphatic rings. The molecule has 0 spiro atoms. The van der Waals surface area contributed by atoms with Crippen LogP contribution < -0.4 is 5.32 Å². The van der Waals surface area contributed by atoms with Gasteiger partial charge >= 0.3 is 0 Å². The maximum atomic E-state index is 11.0. The minimum atomic E-state index is 0.0570. The largest absolute Gasteiger partial charge is 0.356 e. The molecule has 70 valence electrons. The van der Waals surface area contributed by atoms with E-state index >= 15 is 0 Å². The molecule has 0 saturated carbocycles. The van der Waals surface area contributed by atoms with E-state index in [4.69, 9.17) is 12.2 Å². The van der Waals surface area contributed by atoms with Crippen molar-refractivity contribution in [3.8, 4) is 0 Å². The van der Waals surface area contributed by atoms with Gasteiger partial charge in [0.2, 0.25) is 5.91 Å². The Bertz CT molecular complexity index is 143. The molecule has 0 aliphatic carbocycles. The first-order valence-corrected chi connectivity index (χ1v) is 6.14. The van der Waals surface area contributed by atoms with Gasteiger partial charge in [-0.2, -0.15) is 0 Å². The van der Waals surface area contributed by atoms with Crippen molar-refractivity contribution in [2.45, 2.75) is 13.8 Å². The van der Waals surface area contributed by atoms with Crippen LogP contribution >= 0.6 is 35.7 Å². The highest BCUT2D eigenvalue weighted by atomic mass is 32.2. The van der Waals surface area contributed by atoms with E-state index in [2.05, 4.69) is 5.32 Å². The van der Waals surface area contributed by atoms with E-state index in [1.54, 1.807) is 11.8 Å². The van der Waals surface area contributed by atoms with Gasteiger partial charge in [0, 0.05) is 6.54 Å². The van der Waals surface area contributed by atoms with E-state index < -0.39 is 0 Å². The Morgan fingerprint density at radius 1 is 1.42 bits per heavy atom. The summed E-state index contributed by atoms with van der Waals surface area (Å²) < 4.78 is 0.851. The summed E-state index contributed by atoms with van der Waals surface area (Å²) in [6.45, 7) is 4.64. The number of amides is 1. The lowest BCUT2D eigenvalue weighted by molar-refractivity contribution is -0.118. The molecule has 0 atom stereocenters. The number of nitrogens with one attached hydrogen (secondary N) is 1. The number of thioether (sulfide) groups is 2. The minimum absolute atomic E-state index is 0.0570. The van der Waals surface area contributed by atoms with Gasteiger partial charge in [-0.25, -0.2) is 0 Å². The second kappa shape index (κ2) is 7.89. The molecule has 0 fully saturated rings. The molecule has 0 aromatic carbocycles. The molecule has 0 aliphatic heterocycles. The van der Waals surface area contributed by atoms with Crippen molar-refractivity contribution in [1.82, 2.24) is 5.32 Å². The van der Waals surface area contributed by atoms with Gasteiger partial charge in [-0.15, -0.1) is 11.8 Å². The molecule has 0 heterocycles. The molecular formula is C7H13NOS3.